The molecule has 7 atom stereocenters. The van der Waals surface area contributed by atoms with Crippen LogP contribution in [0.5, 0.6) is 0 Å². The normalized spacial score (nSPS) is 38.5. The molecule has 3 fully saturated rings. The van der Waals surface area contributed by atoms with Crippen molar-refractivity contribution in [2.24, 2.45) is 17.8 Å². The van der Waals surface area contributed by atoms with Gasteiger partial charge in [-0.05, 0) is 50.5 Å². The van der Waals surface area contributed by atoms with Crippen LogP contribution in [0.1, 0.15) is 60.3 Å². The van der Waals surface area contributed by atoms with Gasteiger partial charge in [0.1, 0.15) is 0 Å². The summed E-state index contributed by atoms with van der Waals surface area (Å²) in [5.41, 5.74) is 1.21. The Kier molecular flexibility index (Phi) is 10.0. The van der Waals surface area contributed by atoms with E-state index in [1.807, 2.05) is 0 Å². The number of hydrogen-bond acceptors (Lipinski definition) is 4. The average molecular weight is 480 g/mol. The van der Waals surface area contributed by atoms with Gasteiger partial charge >= 0.3 is 0 Å². The van der Waals surface area contributed by atoms with Gasteiger partial charge < -0.3 is 25.9 Å². The van der Waals surface area contributed by atoms with Gasteiger partial charge in [0, 0.05) is 38.6 Å². The first-order valence-corrected chi connectivity index (χ1v) is 11.0. The molecule has 1 radical (unpaired) electrons. The Bertz CT molecular complexity index is 571. The maximum atomic E-state index is 6.10. The van der Waals surface area contributed by atoms with Gasteiger partial charge in [-0.1, -0.05) is 51.5 Å². The van der Waals surface area contributed by atoms with E-state index in [9.17, 15) is 0 Å². The Morgan fingerprint density at radius 3 is 2.59 bits per heavy atom. The number of allylic oxidation sites excluding steroid dienone is 3. The van der Waals surface area contributed by atoms with E-state index in [2.05, 4.69) is 59.8 Å². The van der Waals surface area contributed by atoms with Gasteiger partial charge in [0.25, 0.3) is 0 Å². The smallest absolute Gasteiger partial charge is 0.162 e. The van der Waals surface area contributed by atoms with Crippen LogP contribution in [-0.2, 0) is 51.7 Å². The molecule has 5 heteroatoms. The van der Waals surface area contributed by atoms with Crippen molar-refractivity contribution in [3.05, 3.63) is 30.7 Å². The quantitative estimate of drug-likeness (QED) is 0.289. The standard InChI is InChI=1S/C24H39O4.Y/c1-16(9-7-10-17(2)21-18(3)11-12-19(4)27-21)15-24(6)22(28-24)20(5)23-25-13-8-14-26-23;/h7,9-10,16,18-23H,4,8,11-15H2,1-3,5-6H3;/q-1;/b9-7+,17-10+;. The Balaban J connectivity index is 0.00000300. The average Bonchev–Trinajstić information content (AvgIpc) is 3.34. The second-order valence-corrected chi connectivity index (χ2v) is 9.38. The molecule has 0 amide bonds. The minimum absolute atomic E-state index is 0. The molecule has 7 unspecified atom stereocenters. The topological polar surface area (TPSA) is 40.2 Å². The fraction of sp³-hybridized carbons (Fsp3) is 0.792. The van der Waals surface area contributed by atoms with E-state index in [4.69, 9.17) is 18.9 Å². The summed E-state index contributed by atoms with van der Waals surface area (Å²) < 4.78 is 23.7. The van der Waals surface area contributed by atoms with Crippen LogP contribution in [0, 0.1) is 24.7 Å². The second kappa shape index (κ2) is 11.3. The number of rotatable bonds is 7. The second-order valence-electron chi connectivity index (χ2n) is 9.38. The Hall–Kier alpha value is 0.424. The van der Waals surface area contributed by atoms with Crippen LogP contribution in [0.15, 0.2) is 23.8 Å². The van der Waals surface area contributed by atoms with Crippen molar-refractivity contribution in [1.29, 1.82) is 0 Å². The van der Waals surface area contributed by atoms with E-state index in [1.165, 1.54) is 12.0 Å². The minimum Gasteiger partial charge on any atom is -0.402 e. The molecule has 163 valence electrons. The van der Waals surface area contributed by atoms with E-state index >= 15 is 0 Å². The molecule has 4 nitrogen and oxygen atoms in total. The number of hydrogen-bond donors (Lipinski definition) is 0. The molecule has 29 heavy (non-hydrogen) atoms. The molecule has 0 bridgehead atoms. The number of epoxide rings is 1. The first-order valence-electron chi connectivity index (χ1n) is 11.0. The summed E-state index contributed by atoms with van der Waals surface area (Å²) in [6.45, 7) is 16.8. The molecule has 3 aliphatic heterocycles. The van der Waals surface area contributed by atoms with Crippen LogP contribution >= 0.6 is 0 Å². The molecule has 0 aliphatic carbocycles. The van der Waals surface area contributed by atoms with E-state index in [0.717, 1.165) is 32.5 Å². The van der Waals surface area contributed by atoms with E-state index in [0.29, 0.717) is 11.8 Å². The predicted molar refractivity (Wildman–Crippen MR) is 112 cm³/mol. The molecule has 3 saturated heterocycles. The maximum Gasteiger partial charge on any atom is 0.162 e. The zero-order chi connectivity index (χ0) is 20.3. The van der Waals surface area contributed by atoms with Crippen molar-refractivity contribution in [3.63, 3.8) is 0 Å². The third-order valence-electron chi connectivity index (χ3n) is 6.48. The Morgan fingerprint density at radius 1 is 1.21 bits per heavy atom. The summed E-state index contributed by atoms with van der Waals surface area (Å²) in [6, 6.07) is 0. The molecule has 0 aromatic heterocycles. The van der Waals surface area contributed by atoms with Crippen molar-refractivity contribution in [2.45, 2.75) is 90.5 Å². The largest absolute Gasteiger partial charge is 0.402 e. The number of ether oxygens (including phenoxy) is 4. The summed E-state index contributed by atoms with van der Waals surface area (Å²) in [4.78, 5) is 0. The van der Waals surface area contributed by atoms with E-state index in [-0.39, 0.29) is 68.8 Å². The molecule has 0 aromatic carbocycles. The van der Waals surface area contributed by atoms with E-state index < -0.39 is 0 Å². The summed E-state index contributed by atoms with van der Waals surface area (Å²) in [5.74, 6) is 1.28. The van der Waals surface area contributed by atoms with Crippen LogP contribution in [-0.4, -0.2) is 43.4 Å². The van der Waals surface area contributed by atoms with E-state index in [1.54, 1.807) is 0 Å². The molecule has 3 aliphatic rings. The van der Waals surface area contributed by atoms with Crippen LogP contribution in [0.3, 0.4) is 0 Å². The van der Waals surface area contributed by atoms with Crippen LogP contribution in [0.4, 0.5) is 0 Å². The molecular formula is C24H39O4Y-. The summed E-state index contributed by atoms with van der Waals surface area (Å²) in [5, 5.41) is 0. The van der Waals surface area contributed by atoms with Crippen molar-refractivity contribution in [3.8, 4) is 0 Å². The van der Waals surface area contributed by atoms with Gasteiger partial charge in [0.2, 0.25) is 0 Å². The zero-order valence-electron chi connectivity index (χ0n) is 18.9. The first-order chi connectivity index (χ1) is 13.3. The zero-order valence-corrected chi connectivity index (χ0v) is 21.8. The third kappa shape index (κ3) is 6.95. The summed E-state index contributed by atoms with van der Waals surface area (Å²) in [6.07, 6.45) is 11.3. The van der Waals surface area contributed by atoms with Gasteiger partial charge in [0.05, 0.1) is 31.0 Å². The first kappa shape index (κ1) is 25.7. The van der Waals surface area contributed by atoms with Gasteiger partial charge in [0.15, 0.2) is 6.29 Å². The fourth-order valence-electron chi connectivity index (χ4n) is 4.80. The summed E-state index contributed by atoms with van der Waals surface area (Å²) in [7, 11) is 0. The fourth-order valence-corrected chi connectivity index (χ4v) is 4.80. The van der Waals surface area contributed by atoms with Gasteiger partial charge in [-0.25, -0.2) is 0 Å². The van der Waals surface area contributed by atoms with Crippen molar-refractivity contribution >= 4 is 0 Å². The molecule has 0 saturated carbocycles. The van der Waals surface area contributed by atoms with Gasteiger partial charge in [-0.15, -0.1) is 0 Å². The molecular weight excluding hydrogens is 441 g/mol. The molecule has 0 N–H and O–H groups in total. The minimum atomic E-state index is -0.119. The van der Waals surface area contributed by atoms with Crippen LogP contribution < -0.4 is 0 Å². The van der Waals surface area contributed by atoms with Crippen LogP contribution in [0.2, 0.25) is 0 Å². The monoisotopic (exact) mass is 480 g/mol. The summed E-state index contributed by atoms with van der Waals surface area (Å²) >= 11 is 0. The van der Waals surface area contributed by atoms with Gasteiger partial charge in [-0.2, -0.15) is 0 Å². The molecule has 3 heterocycles. The van der Waals surface area contributed by atoms with Crippen molar-refractivity contribution in [1.82, 2.24) is 0 Å². The molecule has 3 rings (SSSR count). The maximum absolute atomic E-state index is 6.10. The predicted octanol–water partition coefficient (Wildman–Crippen LogP) is 5.09. The van der Waals surface area contributed by atoms with Crippen LogP contribution in [0.25, 0.3) is 0 Å². The van der Waals surface area contributed by atoms with Crippen molar-refractivity contribution in [2.75, 3.05) is 13.2 Å². The third-order valence-corrected chi connectivity index (χ3v) is 6.48. The Labute approximate surface area is 203 Å². The molecule has 0 spiro atoms. The van der Waals surface area contributed by atoms with Gasteiger partial charge in [-0.3, -0.25) is 0 Å². The Morgan fingerprint density at radius 2 is 1.90 bits per heavy atom. The molecule has 0 aromatic rings. The SMILES string of the molecule is [CH2-]C1CCC(C)C(/C(C)=C/C=C/C(C)CC2(C)OC2C(C)C2OCCCO2)O1.[Y]. The van der Waals surface area contributed by atoms with Crippen molar-refractivity contribution < 1.29 is 51.7 Å².